The molecule has 0 spiro atoms. The lowest BCUT2D eigenvalue weighted by molar-refractivity contribution is 0.0704. The van der Waals surface area contributed by atoms with Crippen LogP contribution in [-0.2, 0) is 0 Å². The molecule has 58 valence electrons. The molecule has 0 radical (unpaired) electrons. The van der Waals surface area contributed by atoms with E-state index in [0.29, 0.717) is 11.8 Å². The van der Waals surface area contributed by atoms with E-state index in [1.54, 1.807) is 0 Å². The number of hydrogen-bond acceptors (Lipinski definition) is 1. The van der Waals surface area contributed by atoms with Crippen molar-refractivity contribution < 1.29 is 5.11 Å². The van der Waals surface area contributed by atoms with Crippen LogP contribution in [0.25, 0.3) is 0 Å². The highest BCUT2D eigenvalue weighted by molar-refractivity contribution is 9.09. The third kappa shape index (κ3) is 0.850. The van der Waals surface area contributed by atoms with Crippen LogP contribution in [0.15, 0.2) is 0 Å². The molecule has 2 aliphatic rings. The molecule has 0 aliphatic heterocycles. The minimum absolute atomic E-state index is 0.0122. The van der Waals surface area contributed by atoms with Gasteiger partial charge in [0.05, 0.1) is 6.10 Å². The minimum Gasteiger partial charge on any atom is -0.393 e. The van der Waals surface area contributed by atoms with Crippen LogP contribution >= 0.6 is 15.9 Å². The van der Waals surface area contributed by atoms with Crippen LogP contribution in [0.5, 0.6) is 0 Å². The quantitative estimate of drug-likeness (QED) is 0.647. The lowest BCUT2D eigenvalue weighted by Crippen LogP contribution is -2.28. The molecule has 10 heavy (non-hydrogen) atoms. The van der Waals surface area contributed by atoms with E-state index in [4.69, 9.17) is 0 Å². The van der Waals surface area contributed by atoms with Gasteiger partial charge in [-0.3, -0.25) is 0 Å². The number of aliphatic hydroxyl groups excluding tert-OH is 1. The smallest absolute Gasteiger partial charge is 0.0607 e. The Balaban J connectivity index is 2.10. The number of halogens is 1. The second-order valence-corrected chi connectivity index (χ2v) is 4.29. The highest BCUT2D eigenvalue weighted by Crippen LogP contribution is 2.48. The molecule has 2 fully saturated rings. The lowest BCUT2D eigenvalue weighted by Gasteiger charge is -2.24. The van der Waals surface area contributed by atoms with Gasteiger partial charge >= 0.3 is 0 Å². The molecule has 2 saturated carbocycles. The predicted octanol–water partition coefficient (Wildman–Crippen LogP) is 1.79. The van der Waals surface area contributed by atoms with E-state index < -0.39 is 0 Å². The van der Waals surface area contributed by atoms with Gasteiger partial charge in [-0.25, -0.2) is 0 Å². The zero-order chi connectivity index (χ0) is 7.14. The van der Waals surface area contributed by atoms with Gasteiger partial charge in [0.1, 0.15) is 0 Å². The second kappa shape index (κ2) is 2.49. The van der Waals surface area contributed by atoms with E-state index in [9.17, 15) is 5.11 Å². The van der Waals surface area contributed by atoms with Crippen molar-refractivity contribution >= 4 is 15.9 Å². The average molecular weight is 205 g/mol. The van der Waals surface area contributed by atoms with Gasteiger partial charge in [0.25, 0.3) is 0 Å². The topological polar surface area (TPSA) is 20.2 Å². The number of hydrogen-bond donors (Lipinski definition) is 1. The molecular weight excluding hydrogens is 192 g/mol. The summed E-state index contributed by atoms with van der Waals surface area (Å²) in [6.45, 7) is 0. The van der Waals surface area contributed by atoms with Gasteiger partial charge in [-0.05, 0) is 37.0 Å². The van der Waals surface area contributed by atoms with Gasteiger partial charge < -0.3 is 5.11 Å². The molecule has 0 aromatic heterocycles. The van der Waals surface area contributed by atoms with Crippen molar-refractivity contribution in [1.82, 2.24) is 0 Å². The summed E-state index contributed by atoms with van der Waals surface area (Å²) in [7, 11) is 0. The maximum atomic E-state index is 9.65. The Bertz CT molecular complexity index is 135. The minimum atomic E-state index is 0.0122. The summed E-state index contributed by atoms with van der Waals surface area (Å²) in [5.41, 5.74) is 0. The molecule has 2 aliphatic carbocycles. The van der Waals surface area contributed by atoms with Crippen LogP contribution in [0.1, 0.15) is 19.3 Å². The van der Waals surface area contributed by atoms with Crippen molar-refractivity contribution in [2.45, 2.75) is 25.4 Å². The Morgan fingerprint density at radius 3 is 2.40 bits per heavy atom. The molecule has 0 amide bonds. The summed E-state index contributed by atoms with van der Waals surface area (Å²) in [5, 5.41) is 10.6. The SMILES string of the molecule is O[C@@H]1[C@H]2CC[C@H](C2)[C@H]1CBr. The zero-order valence-corrected chi connectivity index (χ0v) is 7.55. The fourth-order valence-corrected chi connectivity index (χ4v) is 3.51. The molecule has 0 aromatic rings. The number of rotatable bonds is 1. The number of fused-ring (bicyclic) bond motifs is 2. The molecule has 2 bridgehead atoms. The predicted molar refractivity (Wildman–Crippen MR) is 44.1 cm³/mol. The van der Waals surface area contributed by atoms with E-state index in [-0.39, 0.29) is 6.10 Å². The summed E-state index contributed by atoms with van der Waals surface area (Å²) < 4.78 is 0. The standard InChI is InChI=1S/C8H13BrO/c9-4-7-5-1-2-6(3-5)8(7)10/h5-8,10H,1-4H2/t5-,6+,7-,8-/m1/s1. The lowest BCUT2D eigenvalue weighted by atomic mass is 9.88. The number of alkyl halides is 1. The highest BCUT2D eigenvalue weighted by atomic mass is 79.9. The van der Waals surface area contributed by atoms with E-state index in [0.717, 1.165) is 11.2 Å². The first kappa shape index (κ1) is 7.11. The van der Waals surface area contributed by atoms with Crippen molar-refractivity contribution in [2.75, 3.05) is 5.33 Å². The normalized spacial score (nSPS) is 52.2. The molecule has 1 nitrogen and oxygen atoms in total. The highest BCUT2D eigenvalue weighted by Gasteiger charge is 2.45. The van der Waals surface area contributed by atoms with Gasteiger partial charge in [-0.15, -0.1) is 0 Å². The van der Waals surface area contributed by atoms with Crippen molar-refractivity contribution in [3.05, 3.63) is 0 Å². The molecule has 4 atom stereocenters. The van der Waals surface area contributed by atoms with Gasteiger partial charge in [-0.2, -0.15) is 0 Å². The third-order valence-electron chi connectivity index (χ3n) is 3.22. The molecule has 0 saturated heterocycles. The Kier molecular flexibility index (Phi) is 1.77. The summed E-state index contributed by atoms with van der Waals surface area (Å²) >= 11 is 3.46. The summed E-state index contributed by atoms with van der Waals surface area (Å²) in [5.74, 6) is 2.05. The molecule has 2 heteroatoms. The van der Waals surface area contributed by atoms with Crippen molar-refractivity contribution in [1.29, 1.82) is 0 Å². The Labute approximate surface area is 69.9 Å². The van der Waals surface area contributed by atoms with Crippen LogP contribution < -0.4 is 0 Å². The largest absolute Gasteiger partial charge is 0.393 e. The van der Waals surface area contributed by atoms with Crippen molar-refractivity contribution in [2.24, 2.45) is 17.8 Å². The van der Waals surface area contributed by atoms with Crippen LogP contribution in [-0.4, -0.2) is 16.5 Å². The Morgan fingerprint density at radius 2 is 2.00 bits per heavy atom. The molecule has 0 heterocycles. The van der Waals surface area contributed by atoms with Crippen LogP contribution in [0.3, 0.4) is 0 Å². The number of aliphatic hydroxyl groups is 1. The molecule has 2 rings (SSSR count). The molecular formula is C8H13BrO. The first-order valence-electron chi connectivity index (χ1n) is 4.07. The second-order valence-electron chi connectivity index (χ2n) is 3.64. The van der Waals surface area contributed by atoms with Crippen LogP contribution in [0.4, 0.5) is 0 Å². The zero-order valence-electron chi connectivity index (χ0n) is 5.96. The van der Waals surface area contributed by atoms with Crippen molar-refractivity contribution in [3.63, 3.8) is 0 Å². The van der Waals surface area contributed by atoms with Gasteiger partial charge in [0, 0.05) is 5.33 Å². The third-order valence-corrected chi connectivity index (χ3v) is 3.97. The first-order valence-corrected chi connectivity index (χ1v) is 5.19. The van der Waals surface area contributed by atoms with E-state index in [1.807, 2.05) is 0 Å². The summed E-state index contributed by atoms with van der Waals surface area (Å²) in [4.78, 5) is 0. The maximum Gasteiger partial charge on any atom is 0.0607 e. The van der Waals surface area contributed by atoms with E-state index in [2.05, 4.69) is 15.9 Å². The average Bonchev–Trinajstić information content (AvgIpc) is 2.46. The summed E-state index contributed by atoms with van der Waals surface area (Å²) in [6, 6.07) is 0. The fraction of sp³-hybridized carbons (Fsp3) is 1.00. The van der Waals surface area contributed by atoms with Crippen LogP contribution in [0, 0.1) is 17.8 Å². The maximum absolute atomic E-state index is 9.65. The van der Waals surface area contributed by atoms with Gasteiger partial charge in [-0.1, -0.05) is 15.9 Å². The molecule has 0 unspecified atom stereocenters. The summed E-state index contributed by atoms with van der Waals surface area (Å²) in [6.07, 6.45) is 3.93. The van der Waals surface area contributed by atoms with Crippen molar-refractivity contribution in [3.8, 4) is 0 Å². The first-order chi connectivity index (χ1) is 4.83. The molecule has 1 N–H and O–H groups in total. The van der Waals surface area contributed by atoms with Gasteiger partial charge in [0.2, 0.25) is 0 Å². The van der Waals surface area contributed by atoms with E-state index >= 15 is 0 Å². The van der Waals surface area contributed by atoms with E-state index in [1.165, 1.54) is 19.3 Å². The fourth-order valence-electron chi connectivity index (χ4n) is 2.60. The monoisotopic (exact) mass is 204 g/mol. The Morgan fingerprint density at radius 1 is 1.30 bits per heavy atom. The Hall–Kier alpha value is 0.440. The van der Waals surface area contributed by atoms with Gasteiger partial charge in [0.15, 0.2) is 0 Å². The molecule has 0 aromatic carbocycles. The van der Waals surface area contributed by atoms with Crippen LogP contribution in [0.2, 0.25) is 0 Å².